The van der Waals surface area contributed by atoms with Crippen molar-refractivity contribution in [3.63, 3.8) is 0 Å². The van der Waals surface area contributed by atoms with E-state index in [4.69, 9.17) is 11.6 Å². The molecule has 0 atom stereocenters. The lowest BCUT2D eigenvalue weighted by molar-refractivity contribution is 0.370. The van der Waals surface area contributed by atoms with Gasteiger partial charge in [-0.05, 0) is 36.2 Å². The van der Waals surface area contributed by atoms with Crippen LogP contribution in [0.2, 0.25) is 5.02 Å². The van der Waals surface area contributed by atoms with E-state index >= 15 is 0 Å². The SMILES string of the molecule is CN=C(NCCc1c[nH]c2ccc(Cl)cc12)N1CCN(c2ncccn2)CC1.I. The van der Waals surface area contributed by atoms with Crippen LogP contribution in [0.4, 0.5) is 5.95 Å². The quantitative estimate of drug-likeness (QED) is 0.311. The minimum absolute atomic E-state index is 0. The third-order valence-corrected chi connectivity index (χ3v) is 5.27. The Morgan fingerprint density at radius 1 is 1.21 bits per heavy atom. The molecule has 3 heterocycles. The van der Waals surface area contributed by atoms with Gasteiger partial charge in [0.15, 0.2) is 5.96 Å². The standard InChI is InChI=1S/C20H24ClN7.HI/c1-22-19(27-9-11-28(12-10-27)20-23-6-2-7-24-20)25-8-5-15-14-26-18-4-3-16(21)13-17(15)18;/h2-4,6-7,13-14,26H,5,8-12H2,1H3,(H,22,25);1H. The molecule has 1 aromatic carbocycles. The van der Waals surface area contributed by atoms with Crippen LogP contribution in [0.15, 0.2) is 47.8 Å². The van der Waals surface area contributed by atoms with Crippen molar-refractivity contribution in [3.8, 4) is 0 Å². The predicted octanol–water partition coefficient (Wildman–Crippen LogP) is 3.17. The maximum atomic E-state index is 6.14. The first kappa shape index (κ1) is 21.6. The van der Waals surface area contributed by atoms with Crippen LogP contribution in [0, 0.1) is 0 Å². The zero-order chi connectivity index (χ0) is 19.3. The summed E-state index contributed by atoms with van der Waals surface area (Å²) < 4.78 is 0. The zero-order valence-electron chi connectivity index (χ0n) is 16.3. The molecule has 0 bridgehead atoms. The van der Waals surface area contributed by atoms with Gasteiger partial charge in [0.25, 0.3) is 0 Å². The van der Waals surface area contributed by atoms with Gasteiger partial charge in [-0.25, -0.2) is 9.97 Å². The minimum atomic E-state index is 0. The van der Waals surface area contributed by atoms with E-state index in [-0.39, 0.29) is 24.0 Å². The molecule has 0 aliphatic carbocycles. The van der Waals surface area contributed by atoms with Crippen molar-refractivity contribution in [3.05, 3.63) is 53.4 Å². The number of rotatable bonds is 4. The fourth-order valence-corrected chi connectivity index (χ4v) is 3.74. The van der Waals surface area contributed by atoms with Crippen molar-refractivity contribution in [2.24, 2.45) is 4.99 Å². The number of piperazine rings is 1. The Morgan fingerprint density at radius 3 is 2.69 bits per heavy atom. The molecule has 1 aliphatic rings. The second kappa shape index (κ2) is 10.1. The topological polar surface area (TPSA) is 72.4 Å². The summed E-state index contributed by atoms with van der Waals surface area (Å²) in [5.74, 6) is 1.73. The molecule has 7 nitrogen and oxygen atoms in total. The van der Waals surface area contributed by atoms with E-state index in [2.05, 4.69) is 41.3 Å². The molecule has 1 aliphatic heterocycles. The molecule has 2 aromatic heterocycles. The van der Waals surface area contributed by atoms with Crippen LogP contribution >= 0.6 is 35.6 Å². The van der Waals surface area contributed by atoms with Gasteiger partial charge in [0, 0.05) is 74.3 Å². The number of hydrogen-bond donors (Lipinski definition) is 2. The highest BCUT2D eigenvalue weighted by Crippen LogP contribution is 2.22. The van der Waals surface area contributed by atoms with Gasteiger partial charge < -0.3 is 20.1 Å². The third-order valence-electron chi connectivity index (χ3n) is 5.03. The molecule has 1 saturated heterocycles. The van der Waals surface area contributed by atoms with E-state index in [0.29, 0.717) is 0 Å². The summed E-state index contributed by atoms with van der Waals surface area (Å²) in [6, 6.07) is 7.78. The van der Waals surface area contributed by atoms with Gasteiger partial charge >= 0.3 is 0 Å². The van der Waals surface area contributed by atoms with Crippen LogP contribution in [-0.4, -0.2) is 65.6 Å². The number of guanidine groups is 1. The zero-order valence-corrected chi connectivity index (χ0v) is 19.4. The van der Waals surface area contributed by atoms with Crippen molar-refractivity contribution in [1.29, 1.82) is 0 Å². The summed E-state index contributed by atoms with van der Waals surface area (Å²) >= 11 is 6.14. The molecule has 0 spiro atoms. The van der Waals surface area contributed by atoms with Crippen LogP contribution in [0.5, 0.6) is 0 Å². The molecule has 0 unspecified atom stereocenters. The molecule has 154 valence electrons. The summed E-state index contributed by atoms with van der Waals surface area (Å²) in [5, 5.41) is 5.43. The maximum Gasteiger partial charge on any atom is 0.225 e. The number of aromatic nitrogens is 3. The number of nitrogens with zero attached hydrogens (tertiary/aromatic N) is 5. The Bertz CT molecular complexity index is 952. The number of aromatic amines is 1. The summed E-state index contributed by atoms with van der Waals surface area (Å²) in [5.41, 5.74) is 2.37. The highest BCUT2D eigenvalue weighted by molar-refractivity contribution is 14.0. The molecular formula is C20H25ClIN7. The van der Waals surface area contributed by atoms with Gasteiger partial charge in [-0.1, -0.05) is 11.6 Å². The van der Waals surface area contributed by atoms with Gasteiger partial charge in [0.2, 0.25) is 5.95 Å². The lowest BCUT2D eigenvalue weighted by Gasteiger charge is -2.36. The molecule has 4 rings (SSSR count). The van der Waals surface area contributed by atoms with Crippen LogP contribution in [0.3, 0.4) is 0 Å². The van der Waals surface area contributed by atoms with Gasteiger partial charge in [0.05, 0.1) is 0 Å². The highest BCUT2D eigenvalue weighted by atomic mass is 127. The van der Waals surface area contributed by atoms with Crippen molar-refractivity contribution in [2.75, 3.05) is 44.7 Å². The fourth-order valence-electron chi connectivity index (χ4n) is 3.57. The summed E-state index contributed by atoms with van der Waals surface area (Å²) in [7, 11) is 1.83. The fraction of sp³-hybridized carbons (Fsp3) is 0.350. The minimum Gasteiger partial charge on any atom is -0.361 e. The smallest absolute Gasteiger partial charge is 0.225 e. The Morgan fingerprint density at radius 2 is 1.97 bits per heavy atom. The molecule has 0 amide bonds. The number of fused-ring (bicyclic) bond motifs is 1. The van der Waals surface area contributed by atoms with Gasteiger partial charge in [0.1, 0.15) is 0 Å². The monoisotopic (exact) mass is 525 g/mol. The average Bonchev–Trinajstić information content (AvgIpc) is 3.14. The van der Waals surface area contributed by atoms with E-state index in [1.54, 1.807) is 12.4 Å². The molecule has 1 fully saturated rings. The number of aliphatic imine (C=N–C) groups is 1. The average molecular weight is 526 g/mol. The van der Waals surface area contributed by atoms with E-state index in [9.17, 15) is 0 Å². The summed E-state index contributed by atoms with van der Waals surface area (Å²) in [6.45, 7) is 4.35. The Balaban J connectivity index is 0.00000240. The number of anilines is 1. The summed E-state index contributed by atoms with van der Waals surface area (Å²) in [6.07, 6.45) is 6.53. The Kier molecular flexibility index (Phi) is 7.54. The number of nitrogens with one attached hydrogen (secondary N) is 2. The number of benzene rings is 1. The van der Waals surface area contributed by atoms with Crippen LogP contribution in [-0.2, 0) is 6.42 Å². The second-order valence-corrected chi connectivity index (χ2v) is 7.19. The van der Waals surface area contributed by atoms with Crippen molar-refractivity contribution < 1.29 is 0 Å². The van der Waals surface area contributed by atoms with Gasteiger partial charge in [-0.15, -0.1) is 24.0 Å². The van der Waals surface area contributed by atoms with Gasteiger partial charge in [-0.3, -0.25) is 4.99 Å². The van der Waals surface area contributed by atoms with Crippen LogP contribution in [0.1, 0.15) is 5.56 Å². The van der Waals surface area contributed by atoms with Crippen LogP contribution < -0.4 is 10.2 Å². The number of halogens is 2. The van der Waals surface area contributed by atoms with E-state index < -0.39 is 0 Å². The first-order valence-electron chi connectivity index (χ1n) is 9.47. The highest BCUT2D eigenvalue weighted by Gasteiger charge is 2.21. The number of H-pyrrole nitrogens is 1. The first-order chi connectivity index (χ1) is 13.7. The molecular weight excluding hydrogens is 501 g/mol. The molecule has 3 aromatic rings. The van der Waals surface area contributed by atoms with E-state index in [1.807, 2.05) is 31.3 Å². The van der Waals surface area contributed by atoms with Gasteiger partial charge in [-0.2, -0.15) is 0 Å². The normalized spacial score (nSPS) is 14.8. The molecule has 2 N–H and O–H groups in total. The lowest BCUT2D eigenvalue weighted by Crippen LogP contribution is -2.53. The number of hydrogen-bond acceptors (Lipinski definition) is 4. The van der Waals surface area contributed by atoms with E-state index in [1.165, 1.54) is 10.9 Å². The maximum absolute atomic E-state index is 6.14. The Hall–Kier alpha value is -2.07. The van der Waals surface area contributed by atoms with Crippen molar-refractivity contribution >= 4 is 58.4 Å². The second-order valence-electron chi connectivity index (χ2n) is 6.75. The first-order valence-corrected chi connectivity index (χ1v) is 9.85. The van der Waals surface area contributed by atoms with Crippen molar-refractivity contribution in [2.45, 2.75) is 6.42 Å². The predicted molar refractivity (Wildman–Crippen MR) is 130 cm³/mol. The molecule has 9 heteroatoms. The third kappa shape index (κ3) is 5.11. The largest absolute Gasteiger partial charge is 0.361 e. The van der Waals surface area contributed by atoms with Crippen LogP contribution in [0.25, 0.3) is 10.9 Å². The molecule has 0 saturated carbocycles. The Labute approximate surface area is 192 Å². The van der Waals surface area contributed by atoms with E-state index in [0.717, 1.165) is 61.6 Å². The lowest BCUT2D eigenvalue weighted by atomic mass is 10.1. The van der Waals surface area contributed by atoms with Crippen molar-refractivity contribution in [1.82, 2.24) is 25.2 Å². The summed E-state index contributed by atoms with van der Waals surface area (Å²) in [4.78, 5) is 20.9. The molecule has 29 heavy (non-hydrogen) atoms. The molecule has 0 radical (unpaired) electrons.